The molecule has 0 spiro atoms. The summed E-state index contributed by atoms with van der Waals surface area (Å²) >= 11 is 0. The minimum Gasteiger partial charge on any atom is -0.494 e. The summed E-state index contributed by atoms with van der Waals surface area (Å²) in [5.41, 5.74) is 0. The molecule has 0 amide bonds. The zero-order valence-corrected chi connectivity index (χ0v) is 2.81. The van der Waals surface area contributed by atoms with Gasteiger partial charge in [-0.3, -0.25) is 0 Å². The summed E-state index contributed by atoms with van der Waals surface area (Å²) in [6.45, 7) is 5.96. The number of aliphatic imine (C=N–C) groups is 1. The van der Waals surface area contributed by atoms with Crippen LogP contribution in [-0.2, 0) is 0 Å². The Morgan fingerprint density at radius 1 is 1.80 bits per heavy atom. The maximum absolute atomic E-state index is 7.94. The highest BCUT2D eigenvalue weighted by molar-refractivity contribution is 5.26. The largest absolute Gasteiger partial charge is 0.494 e. The van der Waals surface area contributed by atoms with Crippen LogP contribution in [0, 0.1) is 0 Å². The van der Waals surface area contributed by atoms with Crippen molar-refractivity contribution < 1.29 is 5.11 Å². The molecule has 0 radical (unpaired) electrons. The Bertz CT molecular complexity index is 57.9. The van der Waals surface area contributed by atoms with E-state index in [0.717, 1.165) is 0 Å². The maximum Gasteiger partial charge on any atom is 0.202 e. The Hall–Kier alpha value is -0.790. The van der Waals surface area contributed by atoms with Crippen LogP contribution in [0.15, 0.2) is 17.5 Å². The van der Waals surface area contributed by atoms with Crippen LogP contribution in [0.5, 0.6) is 0 Å². The zero-order valence-electron chi connectivity index (χ0n) is 2.81. The molecule has 0 bridgehead atoms. The molecular weight excluding hydrogens is 66.0 g/mol. The second kappa shape index (κ2) is 1.52. The van der Waals surface area contributed by atoms with E-state index in [1.54, 1.807) is 0 Å². The van der Waals surface area contributed by atoms with E-state index < -0.39 is 0 Å². The maximum atomic E-state index is 7.94. The van der Waals surface area contributed by atoms with Gasteiger partial charge in [-0.25, -0.2) is 4.99 Å². The molecule has 0 aromatic rings. The summed E-state index contributed by atoms with van der Waals surface area (Å²) in [6, 6.07) is 0. The van der Waals surface area contributed by atoms with E-state index in [9.17, 15) is 0 Å². The SMILES string of the molecule is C=NC(=C)O. The number of hydrogen-bond donors (Lipinski definition) is 1. The highest BCUT2D eigenvalue weighted by atomic mass is 16.3. The highest BCUT2D eigenvalue weighted by Crippen LogP contribution is 1.74. The lowest BCUT2D eigenvalue weighted by molar-refractivity contribution is 0.411. The van der Waals surface area contributed by atoms with Crippen LogP contribution in [0.2, 0.25) is 0 Å². The van der Waals surface area contributed by atoms with E-state index in [-0.39, 0.29) is 5.88 Å². The Balaban J connectivity index is 3.20. The van der Waals surface area contributed by atoms with Crippen LogP contribution in [0.4, 0.5) is 0 Å². The summed E-state index contributed by atoms with van der Waals surface area (Å²) in [5, 5.41) is 7.94. The first-order chi connectivity index (χ1) is 2.27. The Kier molecular flexibility index (Phi) is 1.28. The van der Waals surface area contributed by atoms with Gasteiger partial charge in [-0.1, -0.05) is 0 Å². The van der Waals surface area contributed by atoms with Gasteiger partial charge in [0.1, 0.15) is 0 Å². The average molecular weight is 71.1 g/mol. The lowest BCUT2D eigenvalue weighted by Crippen LogP contribution is -1.60. The fourth-order valence-corrected chi connectivity index (χ4v) is 0. The first-order valence-corrected chi connectivity index (χ1v) is 1.12. The predicted molar refractivity (Wildman–Crippen MR) is 21.3 cm³/mol. The normalized spacial score (nSPS) is 6.40. The van der Waals surface area contributed by atoms with Crippen LogP contribution in [0.1, 0.15) is 0 Å². The topological polar surface area (TPSA) is 32.6 Å². The van der Waals surface area contributed by atoms with E-state index in [4.69, 9.17) is 5.11 Å². The van der Waals surface area contributed by atoms with Crippen LogP contribution in [-0.4, -0.2) is 11.8 Å². The van der Waals surface area contributed by atoms with Crippen molar-refractivity contribution in [1.82, 2.24) is 0 Å². The number of aliphatic hydroxyl groups is 1. The van der Waals surface area contributed by atoms with Gasteiger partial charge in [0.25, 0.3) is 0 Å². The fraction of sp³-hybridized carbons (Fsp3) is 0. The quantitative estimate of drug-likeness (QED) is 0.358. The summed E-state index contributed by atoms with van der Waals surface area (Å²) in [7, 11) is 0. The lowest BCUT2D eigenvalue weighted by atomic mass is 11.0. The molecule has 1 N–H and O–H groups in total. The Labute approximate surface area is 30.5 Å². The van der Waals surface area contributed by atoms with E-state index in [2.05, 4.69) is 18.3 Å². The molecule has 0 atom stereocenters. The fourth-order valence-electron chi connectivity index (χ4n) is 0. The molecule has 0 aliphatic carbocycles. The van der Waals surface area contributed by atoms with Crippen molar-refractivity contribution in [3.63, 3.8) is 0 Å². The summed E-state index contributed by atoms with van der Waals surface area (Å²) in [6.07, 6.45) is 0. The van der Waals surface area contributed by atoms with Crippen molar-refractivity contribution in [2.45, 2.75) is 0 Å². The third-order valence-corrected chi connectivity index (χ3v) is 0.183. The van der Waals surface area contributed by atoms with Gasteiger partial charge in [0, 0.05) is 0 Å². The first kappa shape index (κ1) is 4.21. The lowest BCUT2D eigenvalue weighted by Gasteiger charge is -1.73. The first-order valence-electron chi connectivity index (χ1n) is 1.12. The van der Waals surface area contributed by atoms with Crippen molar-refractivity contribution in [2.24, 2.45) is 4.99 Å². The zero-order chi connectivity index (χ0) is 4.28. The Morgan fingerprint density at radius 2 is 2.00 bits per heavy atom. The van der Waals surface area contributed by atoms with Gasteiger partial charge in [-0.15, -0.1) is 0 Å². The molecule has 0 saturated heterocycles. The van der Waals surface area contributed by atoms with E-state index >= 15 is 0 Å². The van der Waals surface area contributed by atoms with Gasteiger partial charge in [0.15, 0.2) is 0 Å². The monoisotopic (exact) mass is 71.0 g/mol. The van der Waals surface area contributed by atoms with Crippen LogP contribution < -0.4 is 0 Å². The van der Waals surface area contributed by atoms with Crippen molar-refractivity contribution in [1.29, 1.82) is 0 Å². The molecule has 0 heterocycles. The molecule has 0 fully saturated rings. The number of rotatable bonds is 1. The molecule has 0 unspecified atom stereocenters. The molecule has 2 nitrogen and oxygen atoms in total. The third kappa shape index (κ3) is 3.21. The van der Waals surface area contributed by atoms with Gasteiger partial charge in [0.05, 0.1) is 0 Å². The van der Waals surface area contributed by atoms with E-state index in [1.165, 1.54) is 0 Å². The van der Waals surface area contributed by atoms with Gasteiger partial charge >= 0.3 is 0 Å². The van der Waals surface area contributed by atoms with Crippen molar-refractivity contribution in [2.75, 3.05) is 0 Å². The van der Waals surface area contributed by atoms with Crippen LogP contribution >= 0.6 is 0 Å². The molecule has 0 aromatic carbocycles. The summed E-state index contributed by atoms with van der Waals surface area (Å²) in [5.74, 6) is -0.231. The highest BCUT2D eigenvalue weighted by Gasteiger charge is 1.62. The van der Waals surface area contributed by atoms with Crippen molar-refractivity contribution in [3.05, 3.63) is 12.5 Å². The number of nitrogens with zero attached hydrogens (tertiary/aromatic N) is 1. The molecule has 0 saturated carbocycles. The van der Waals surface area contributed by atoms with Gasteiger partial charge in [-0.2, -0.15) is 0 Å². The number of aliphatic hydroxyl groups excluding tert-OH is 1. The minimum absolute atomic E-state index is 0.231. The van der Waals surface area contributed by atoms with Gasteiger partial charge in [0.2, 0.25) is 5.88 Å². The smallest absolute Gasteiger partial charge is 0.202 e. The number of hydrogen-bond acceptors (Lipinski definition) is 2. The van der Waals surface area contributed by atoms with Crippen LogP contribution in [0.25, 0.3) is 0 Å². The summed E-state index contributed by atoms with van der Waals surface area (Å²) < 4.78 is 0. The molecule has 0 aliphatic heterocycles. The molecular formula is C3H5NO. The standard InChI is InChI=1S/C3H5NO/c1-3(5)4-2/h5H,1-2H2. The molecule has 28 valence electrons. The molecule has 2 heteroatoms. The molecule has 0 rings (SSSR count). The van der Waals surface area contributed by atoms with Crippen LogP contribution in [0.3, 0.4) is 0 Å². The molecule has 0 aliphatic rings. The minimum atomic E-state index is -0.231. The van der Waals surface area contributed by atoms with E-state index in [0.29, 0.717) is 0 Å². The van der Waals surface area contributed by atoms with Gasteiger partial charge in [-0.05, 0) is 13.3 Å². The predicted octanol–water partition coefficient (Wildman–Crippen LogP) is 0.716. The van der Waals surface area contributed by atoms with E-state index in [1.807, 2.05) is 0 Å². The van der Waals surface area contributed by atoms with Crippen molar-refractivity contribution >= 4 is 6.72 Å². The Morgan fingerprint density at radius 3 is 2.00 bits per heavy atom. The van der Waals surface area contributed by atoms with Crippen molar-refractivity contribution in [3.8, 4) is 0 Å². The van der Waals surface area contributed by atoms with Gasteiger partial charge < -0.3 is 5.11 Å². The second-order valence-corrected chi connectivity index (χ2v) is 0.574. The second-order valence-electron chi connectivity index (χ2n) is 0.574. The summed E-state index contributed by atoms with van der Waals surface area (Å²) in [4.78, 5) is 3.00. The molecule has 5 heavy (non-hydrogen) atoms. The average Bonchev–Trinajstić information content (AvgIpc) is 1.38. The third-order valence-electron chi connectivity index (χ3n) is 0.183. The molecule has 0 aromatic heterocycles.